The summed E-state index contributed by atoms with van der Waals surface area (Å²) in [7, 11) is 0. The second kappa shape index (κ2) is 5.59. The Morgan fingerprint density at radius 2 is 2.38 bits per heavy atom. The van der Waals surface area contributed by atoms with E-state index in [2.05, 4.69) is 15.3 Å². The highest BCUT2D eigenvalue weighted by Gasteiger charge is 2.30. The van der Waals surface area contributed by atoms with Crippen molar-refractivity contribution in [1.29, 1.82) is 0 Å². The zero-order valence-electron chi connectivity index (χ0n) is 12.1. The van der Waals surface area contributed by atoms with Crippen LogP contribution in [0.4, 0.5) is 11.6 Å². The summed E-state index contributed by atoms with van der Waals surface area (Å²) in [6.07, 6.45) is 8.34. The first-order chi connectivity index (χ1) is 10.2. The van der Waals surface area contributed by atoms with Gasteiger partial charge in [0, 0.05) is 25.5 Å². The van der Waals surface area contributed by atoms with Crippen molar-refractivity contribution in [1.82, 2.24) is 14.4 Å². The summed E-state index contributed by atoms with van der Waals surface area (Å²) < 4.78 is 1.92. The van der Waals surface area contributed by atoms with Gasteiger partial charge in [0.2, 0.25) is 5.91 Å². The van der Waals surface area contributed by atoms with Gasteiger partial charge >= 0.3 is 0 Å². The lowest BCUT2D eigenvalue weighted by atomic mass is 10.0. The fraction of sp³-hybridized carbons (Fsp3) is 0.500. The molecule has 0 saturated carbocycles. The third-order valence-corrected chi connectivity index (χ3v) is 3.82. The molecule has 0 aromatic carbocycles. The standard InChI is InChI=1S/C14H20N6O/c1-2-16-11-9-19-8-6-17-13(19)14(18-11)20-7-4-3-5-10(20)12(15)21/h6,8-10,16H,2-5,7H2,1H3,(H2,15,21). The van der Waals surface area contributed by atoms with E-state index in [0.29, 0.717) is 0 Å². The molecule has 2 aromatic heterocycles. The van der Waals surface area contributed by atoms with E-state index in [-0.39, 0.29) is 11.9 Å². The zero-order chi connectivity index (χ0) is 14.8. The van der Waals surface area contributed by atoms with E-state index in [1.54, 1.807) is 6.20 Å². The van der Waals surface area contributed by atoms with Gasteiger partial charge in [-0.2, -0.15) is 0 Å². The SMILES string of the molecule is CCNc1cn2ccnc2c(N2CCCCC2C(N)=O)n1. The average Bonchev–Trinajstić information content (AvgIpc) is 2.95. The maximum Gasteiger partial charge on any atom is 0.240 e. The van der Waals surface area contributed by atoms with Gasteiger partial charge in [-0.15, -0.1) is 0 Å². The predicted octanol–water partition coefficient (Wildman–Crippen LogP) is 1.01. The Bertz CT molecular complexity index is 652. The van der Waals surface area contributed by atoms with E-state index in [0.717, 1.165) is 49.6 Å². The molecule has 7 heteroatoms. The van der Waals surface area contributed by atoms with Crippen LogP contribution in [0.3, 0.4) is 0 Å². The second-order valence-corrected chi connectivity index (χ2v) is 5.25. The van der Waals surface area contributed by atoms with E-state index in [1.807, 2.05) is 28.6 Å². The van der Waals surface area contributed by atoms with Crippen LogP contribution in [0.1, 0.15) is 26.2 Å². The number of piperidine rings is 1. The van der Waals surface area contributed by atoms with E-state index in [1.165, 1.54) is 0 Å². The second-order valence-electron chi connectivity index (χ2n) is 5.25. The van der Waals surface area contributed by atoms with Crippen LogP contribution < -0.4 is 16.0 Å². The number of hydrogen-bond donors (Lipinski definition) is 2. The van der Waals surface area contributed by atoms with Crippen molar-refractivity contribution >= 4 is 23.2 Å². The van der Waals surface area contributed by atoms with Crippen LogP contribution in [0.5, 0.6) is 0 Å². The Labute approximate surface area is 123 Å². The first-order valence-electron chi connectivity index (χ1n) is 7.34. The number of carbonyl (C=O) groups is 1. The molecular weight excluding hydrogens is 268 g/mol. The van der Waals surface area contributed by atoms with E-state index in [4.69, 9.17) is 5.73 Å². The van der Waals surface area contributed by atoms with Crippen molar-refractivity contribution in [2.24, 2.45) is 5.73 Å². The number of carbonyl (C=O) groups excluding carboxylic acids is 1. The first-order valence-corrected chi connectivity index (χ1v) is 7.34. The number of aromatic nitrogens is 3. The van der Waals surface area contributed by atoms with E-state index >= 15 is 0 Å². The van der Waals surface area contributed by atoms with Crippen molar-refractivity contribution in [3.8, 4) is 0 Å². The molecule has 1 aliphatic rings. The van der Waals surface area contributed by atoms with Gasteiger partial charge in [0.15, 0.2) is 11.5 Å². The highest BCUT2D eigenvalue weighted by molar-refractivity contribution is 5.85. The molecule has 0 bridgehead atoms. The van der Waals surface area contributed by atoms with Gasteiger partial charge in [-0.1, -0.05) is 0 Å². The molecule has 1 fully saturated rings. The van der Waals surface area contributed by atoms with Crippen LogP contribution in [0.2, 0.25) is 0 Å². The first kappa shape index (κ1) is 13.7. The Morgan fingerprint density at radius 3 is 3.14 bits per heavy atom. The van der Waals surface area contributed by atoms with Crippen LogP contribution in [-0.2, 0) is 4.79 Å². The zero-order valence-corrected chi connectivity index (χ0v) is 12.1. The summed E-state index contributed by atoms with van der Waals surface area (Å²) in [6, 6.07) is -0.302. The molecule has 112 valence electrons. The number of amides is 1. The molecule has 1 unspecified atom stereocenters. The Kier molecular flexibility index (Phi) is 3.64. The number of hydrogen-bond acceptors (Lipinski definition) is 5. The summed E-state index contributed by atoms with van der Waals surface area (Å²) in [6.45, 7) is 3.58. The molecule has 0 aliphatic carbocycles. The van der Waals surface area contributed by atoms with Crippen LogP contribution in [-0.4, -0.2) is 39.4 Å². The third-order valence-electron chi connectivity index (χ3n) is 3.82. The summed E-state index contributed by atoms with van der Waals surface area (Å²) in [5.41, 5.74) is 6.31. The number of imidazole rings is 1. The summed E-state index contributed by atoms with van der Waals surface area (Å²) in [4.78, 5) is 22.7. The molecule has 1 amide bonds. The minimum atomic E-state index is -0.302. The molecule has 1 saturated heterocycles. The van der Waals surface area contributed by atoms with Crippen LogP contribution in [0.15, 0.2) is 18.6 Å². The van der Waals surface area contributed by atoms with Crippen LogP contribution >= 0.6 is 0 Å². The van der Waals surface area contributed by atoms with Crippen molar-refractivity contribution in [2.75, 3.05) is 23.3 Å². The fourth-order valence-corrected chi connectivity index (χ4v) is 2.85. The topological polar surface area (TPSA) is 88.5 Å². The third kappa shape index (κ3) is 2.51. The van der Waals surface area contributed by atoms with Crippen LogP contribution in [0.25, 0.3) is 5.65 Å². The monoisotopic (exact) mass is 288 g/mol. The molecule has 1 atom stereocenters. The molecular formula is C14H20N6O. The highest BCUT2D eigenvalue weighted by atomic mass is 16.1. The lowest BCUT2D eigenvalue weighted by molar-refractivity contribution is -0.119. The molecule has 1 aliphatic heterocycles. The summed E-state index contributed by atoms with van der Waals surface area (Å²) in [5, 5.41) is 3.21. The molecule has 3 N–H and O–H groups in total. The minimum Gasteiger partial charge on any atom is -0.369 e. The van der Waals surface area contributed by atoms with Gasteiger partial charge in [-0.3, -0.25) is 4.79 Å². The summed E-state index contributed by atoms with van der Waals surface area (Å²) in [5.74, 6) is 1.20. The van der Waals surface area contributed by atoms with Gasteiger partial charge in [0.05, 0.1) is 6.20 Å². The molecule has 2 aromatic rings. The van der Waals surface area contributed by atoms with Gasteiger partial charge in [0.25, 0.3) is 0 Å². The Morgan fingerprint density at radius 1 is 1.52 bits per heavy atom. The molecule has 3 heterocycles. The lowest BCUT2D eigenvalue weighted by Gasteiger charge is -2.34. The summed E-state index contributed by atoms with van der Waals surface area (Å²) >= 11 is 0. The minimum absolute atomic E-state index is 0.296. The number of nitrogens with zero attached hydrogens (tertiary/aromatic N) is 4. The number of nitrogens with one attached hydrogen (secondary N) is 1. The van der Waals surface area contributed by atoms with Gasteiger partial charge in [-0.25, -0.2) is 9.97 Å². The van der Waals surface area contributed by atoms with Crippen molar-refractivity contribution < 1.29 is 4.79 Å². The number of fused-ring (bicyclic) bond motifs is 1. The largest absolute Gasteiger partial charge is 0.369 e. The molecule has 0 spiro atoms. The molecule has 7 nitrogen and oxygen atoms in total. The number of nitrogens with two attached hydrogens (primary N) is 1. The van der Waals surface area contributed by atoms with Gasteiger partial charge in [-0.05, 0) is 26.2 Å². The number of primary amides is 1. The molecule has 21 heavy (non-hydrogen) atoms. The van der Waals surface area contributed by atoms with Crippen molar-refractivity contribution in [3.05, 3.63) is 18.6 Å². The lowest BCUT2D eigenvalue weighted by Crippen LogP contribution is -2.48. The maximum atomic E-state index is 11.7. The molecule has 3 rings (SSSR count). The van der Waals surface area contributed by atoms with E-state index in [9.17, 15) is 4.79 Å². The van der Waals surface area contributed by atoms with Gasteiger partial charge < -0.3 is 20.4 Å². The van der Waals surface area contributed by atoms with Gasteiger partial charge in [0.1, 0.15) is 11.9 Å². The average molecular weight is 288 g/mol. The number of rotatable bonds is 4. The highest BCUT2D eigenvalue weighted by Crippen LogP contribution is 2.27. The smallest absolute Gasteiger partial charge is 0.240 e. The maximum absolute atomic E-state index is 11.7. The fourth-order valence-electron chi connectivity index (χ4n) is 2.85. The quantitative estimate of drug-likeness (QED) is 0.876. The molecule has 0 radical (unpaired) electrons. The Balaban J connectivity index is 2.08. The predicted molar refractivity (Wildman–Crippen MR) is 81.3 cm³/mol. The number of anilines is 2. The van der Waals surface area contributed by atoms with E-state index < -0.39 is 0 Å². The van der Waals surface area contributed by atoms with Crippen LogP contribution in [0, 0.1) is 0 Å². The normalized spacial score (nSPS) is 18.9. The van der Waals surface area contributed by atoms with Crippen molar-refractivity contribution in [3.63, 3.8) is 0 Å². The Hall–Kier alpha value is -2.31. The van der Waals surface area contributed by atoms with Crippen molar-refractivity contribution in [2.45, 2.75) is 32.2 Å².